The second-order valence-corrected chi connectivity index (χ2v) is 9.09. The minimum Gasteiger partial charge on any atom is -0.478 e. The van der Waals surface area contributed by atoms with Crippen LogP contribution in [0.1, 0.15) is 41.0 Å². The van der Waals surface area contributed by atoms with Crippen molar-refractivity contribution in [1.29, 1.82) is 0 Å². The van der Waals surface area contributed by atoms with E-state index in [2.05, 4.69) is 0 Å². The van der Waals surface area contributed by atoms with E-state index in [0.29, 0.717) is 6.42 Å². The van der Waals surface area contributed by atoms with Gasteiger partial charge in [-0.05, 0) is 44.5 Å². The average molecular weight is 532 g/mol. The minimum atomic E-state index is -2.21. The molecular weight excluding hydrogens is 502 g/mol. The van der Waals surface area contributed by atoms with E-state index in [4.69, 9.17) is 24.7 Å². The van der Waals surface area contributed by atoms with Crippen molar-refractivity contribution in [3.05, 3.63) is 71.8 Å². The molecule has 6 atom stereocenters. The van der Waals surface area contributed by atoms with E-state index in [9.17, 15) is 34.5 Å². The predicted molar refractivity (Wildman–Crippen MR) is 129 cm³/mol. The van der Waals surface area contributed by atoms with Crippen LogP contribution in [0.3, 0.4) is 0 Å². The predicted octanol–water partition coefficient (Wildman–Crippen LogP) is 1.21. The average Bonchev–Trinajstić information content (AvgIpc) is 3.34. The van der Waals surface area contributed by atoms with Crippen LogP contribution < -0.4 is 5.73 Å². The van der Waals surface area contributed by atoms with E-state index in [1.165, 1.54) is 48.5 Å². The Morgan fingerprint density at radius 1 is 0.816 bits per heavy atom. The Morgan fingerprint density at radius 3 is 1.58 bits per heavy atom. The zero-order valence-corrected chi connectivity index (χ0v) is 20.6. The molecule has 1 heterocycles. The number of nitrogens with two attached hydrogens (primary N) is 1. The van der Waals surface area contributed by atoms with Gasteiger partial charge < -0.3 is 40.0 Å². The van der Waals surface area contributed by atoms with Gasteiger partial charge >= 0.3 is 23.9 Å². The van der Waals surface area contributed by atoms with Gasteiger partial charge in [0.15, 0.2) is 5.79 Å². The highest BCUT2D eigenvalue weighted by Gasteiger charge is 2.52. The molecule has 1 aliphatic heterocycles. The highest BCUT2D eigenvalue weighted by Crippen LogP contribution is 2.37. The van der Waals surface area contributed by atoms with Gasteiger partial charge in [-0.3, -0.25) is 0 Å². The lowest BCUT2D eigenvalue weighted by atomic mass is 10.1. The van der Waals surface area contributed by atoms with Gasteiger partial charge in [-0.25, -0.2) is 19.2 Å². The van der Waals surface area contributed by atoms with Crippen molar-refractivity contribution in [2.45, 2.75) is 62.6 Å². The van der Waals surface area contributed by atoms with Gasteiger partial charge in [0, 0.05) is 6.04 Å². The van der Waals surface area contributed by atoms with Crippen molar-refractivity contribution in [3.63, 3.8) is 0 Å². The number of benzene rings is 2. The van der Waals surface area contributed by atoms with Gasteiger partial charge in [-0.15, -0.1) is 0 Å². The van der Waals surface area contributed by atoms with Crippen molar-refractivity contribution in [3.8, 4) is 0 Å². The van der Waals surface area contributed by atoms with Crippen LogP contribution in [0.2, 0.25) is 0 Å². The molecule has 0 radical (unpaired) electrons. The Hall–Kier alpha value is -3.84. The van der Waals surface area contributed by atoms with Crippen LogP contribution in [0.15, 0.2) is 60.7 Å². The van der Waals surface area contributed by atoms with Crippen LogP contribution in [-0.2, 0) is 28.5 Å². The summed E-state index contributed by atoms with van der Waals surface area (Å²) in [4.78, 5) is 46.8. The quantitative estimate of drug-likeness (QED) is 0.374. The Bertz CT molecular complexity index is 1050. The maximum atomic E-state index is 12.0. The molecule has 4 rings (SSSR count). The highest BCUT2D eigenvalue weighted by molar-refractivity contribution is 5.95. The molecule has 5 N–H and O–H groups in total. The van der Waals surface area contributed by atoms with Gasteiger partial charge in [0.25, 0.3) is 0 Å². The lowest BCUT2D eigenvalue weighted by molar-refractivity contribution is -0.166. The molecule has 38 heavy (non-hydrogen) atoms. The van der Waals surface area contributed by atoms with E-state index in [1.807, 2.05) is 13.8 Å². The molecule has 2 aromatic rings. The molecule has 2 aliphatic rings. The zero-order valence-electron chi connectivity index (χ0n) is 20.6. The van der Waals surface area contributed by atoms with E-state index in [0.717, 1.165) is 0 Å². The van der Waals surface area contributed by atoms with E-state index < -0.39 is 48.0 Å². The number of hydrogen-bond donors (Lipinski definition) is 4. The molecule has 204 valence electrons. The van der Waals surface area contributed by atoms with Crippen molar-refractivity contribution < 1.29 is 53.4 Å². The van der Waals surface area contributed by atoms with E-state index in [1.54, 1.807) is 12.1 Å². The molecule has 0 unspecified atom stereocenters. The fourth-order valence-electron chi connectivity index (χ4n) is 3.99. The van der Waals surface area contributed by atoms with Crippen molar-refractivity contribution in [1.82, 2.24) is 0 Å². The van der Waals surface area contributed by atoms with Crippen molar-refractivity contribution in [2.24, 2.45) is 5.73 Å². The Balaban J connectivity index is 0.000000275. The largest absolute Gasteiger partial charge is 0.478 e. The molecule has 2 aromatic carbocycles. The maximum absolute atomic E-state index is 12.0. The second kappa shape index (κ2) is 12.1. The standard InChI is InChI=1S/C18H14O8.C8H15NO3/c19-15(20)13(25-17(23)11-7-3-1-4-8-11)14(16(21)22)26-18(24)12-9-5-2-6-10-12;1-8(2)11-6-4(9)3-5(10)7(6)12-8/h1-10,13-14H,(H,19,20)(H,21,22);4-7,10H,3,9H2,1-2H3/t13-,14-;4-,5+,6+,7-/m01/s1. The number of aliphatic hydroxyl groups is 1. The molecular formula is C26H29NO11. The van der Waals surface area contributed by atoms with Gasteiger partial charge in [0.05, 0.1) is 17.2 Å². The topological polar surface area (TPSA) is 192 Å². The molecule has 1 aliphatic carbocycles. The van der Waals surface area contributed by atoms with Gasteiger partial charge in [-0.1, -0.05) is 36.4 Å². The Kier molecular flexibility index (Phi) is 9.17. The summed E-state index contributed by atoms with van der Waals surface area (Å²) in [6, 6.07) is 14.7. The number of carbonyl (C=O) groups is 4. The van der Waals surface area contributed by atoms with Crippen LogP contribution in [0.25, 0.3) is 0 Å². The summed E-state index contributed by atoms with van der Waals surface area (Å²) >= 11 is 0. The van der Waals surface area contributed by atoms with Gasteiger partial charge in [0.1, 0.15) is 12.2 Å². The molecule has 0 spiro atoms. The fraction of sp³-hybridized carbons (Fsp3) is 0.385. The first-order valence-electron chi connectivity index (χ1n) is 11.7. The van der Waals surface area contributed by atoms with E-state index in [-0.39, 0.29) is 29.4 Å². The zero-order chi connectivity index (χ0) is 28.0. The first kappa shape index (κ1) is 28.7. The molecule has 12 nitrogen and oxygen atoms in total. The normalized spacial score (nSPS) is 24.6. The number of carboxylic acid groups (broad SMARTS) is 2. The monoisotopic (exact) mass is 531 g/mol. The van der Waals surface area contributed by atoms with Crippen molar-refractivity contribution in [2.75, 3.05) is 0 Å². The molecule has 1 saturated carbocycles. The van der Waals surface area contributed by atoms with Gasteiger partial charge in [-0.2, -0.15) is 0 Å². The third-order valence-electron chi connectivity index (χ3n) is 5.73. The van der Waals surface area contributed by atoms with Crippen LogP contribution in [-0.4, -0.2) is 81.5 Å². The number of ether oxygens (including phenoxy) is 4. The number of esters is 2. The SMILES string of the molecule is CC1(C)O[C@@H]2[C@H](O1)[C@@H](O)C[C@H]2N.O=C(O[C@H](C(=O)O)[C@H](OC(=O)c1ccccc1)C(=O)O)c1ccccc1. The number of hydrogen-bond acceptors (Lipinski definition) is 10. The third kappa shape index (κ3) is 7.13. The summed E-state index contributed by atoms with van der Waals surface area (Å²) in [6.07, 6.45) is -4.68. The number of fused-ring (bicyclic) bond motifs is 1. The number of aliphatic carboxylic acids is 2. The first-order chi connectivity index (χ1) is 17.9. The fourth-order valence-corrected chi connectivity index (χ4v) is 3.99. The summed E-state index contributed by atoms with van der Waals surface area (Å²) in [5.41, 5.74) is 5.82. The van der Waals surface area contributed by atoms with Crippen LogP contribution >= 0.6 is 0 Å². The summed E-state index contributed by atoms with van der Waals surface area (Å²) in [7, 11) is 0. The van der Waals surface area contributed by atoms with Crippen LogP contribution in [0.4, 0.5) is 0 Å². The lowest BCUT2D eigenvalue weighted by Gasteiger charge is -2.21. The third-order valence-corrected chi connectivity index (χ3v) is 5.73. The van der Waals surface area contributed by atoms with Crippen molar-refractivity contribution >= 4 is 23.9 Å². The molecule has 2 fully saturated rings. The highest BCUT2D eigenvalue weighted by atomic mass is 16.8. The summed E-state index contributed by atoms with van der Waals surface area (Å²) in [5, 5.41) is 28.0. The maximum Gasteiger partial charge on any atom is 0.349 e. The number of carboxylic acids is 2. The molecule has 0 amide bonds. The van der Waals surface area contributed by atoms with Crippen LogP contribution in [0.5, 0.6) is 0 Å². The van der Waals surface area contributed by atoms with E-state index >= 15 is 0 Å². The molecule has 12 heteroatoms. The molecule has 1 saturated heterocycles. The summed E-state index contributed by atoms with van der Waals surface area (Å²) in [6.45, 7) is 3.68. The van der Waals surface area contributed by atoms with Crippen LogP contribution in [0, 0.1) is 0 Å². The molecule has 0 bridgehead atoms. The number of rotatable bonds is 7. The Labute approximate surface area is 217 Å². The molecule has 0 aromatic heterocycles. The smallest absolute Gasteiger partial charge is 0.349 e. The number of aliphatic hydroxyl groups excluding tert-OH is 1. The first-order valence-corrected chi connectivity index (χ1v) is 11.7. The number of carbonyl (C=O) groups excluding carboxylic acids is 2. The summed E-state index contributed by atoms with van der Waals surface area (Å²) < 4.78 is 20.6. The minimum absolute atomic E-state index is 0.0253. The van der Waals surface area contributed by atoms with Gasteiger partial charge in [0.2, 0.25) is 12.2 Å². The second-order valence-electron chi connectivity index (χ2n) is 9.09. The Morgan fingerprint density at radius 2 is 1.21 bits per heavy atom. The summed E-state index contributed by atoms with van der Waals surface area (Å²) in [5.74, 6) is -6.22. The lowest BCUT2D eigenvalue weighted by Crippen LogP contribution is -2.45.